The van der Waals surface area contributed by atoms with Gasteiger partial charge in [-0.2, -0.15) is 4.37 Å². The summed E-state index contributed by atoms with van der Waals surface area (Å²) >= 11 is 1.22. The first-order chi connectivity index (χ1) is 6.65. The Morgan fingerprint density at radius 1 is 1.79 bits per heavy atom. The van der Waals surface area contributed by atoms with Crippen LogP contribution in [0, 0.1) is 0 Å². The molecule has 1 heterocycles. The number of carboxylic acids is 1. The molecule has 14 heavy (non-hydrogen) atoms. The lowest BCUT2D eigenvalue weighted by Gasteiger charge is -2.25. The van der Waals surface area contributed by atoms with Gasteiger partial charge in [0.1, 0.15) is 12.9 Å². The lowest BCUT2D eigenvalue weighted by atomic mass is 10.2. The van der Waals surface area contributed by atoms with Crippen LogP contribution in [-0.4, -0.2) is 33.0 Å². The van der Waals surface area contributed by atoms with Gasteiger partial charge in [-0.3, -0.25) is 4.79 Å². The van der Waals surface area contributed by atoms with Gasteiger partial charge >= 0.3 is 5.97 Å². The van der Waals surface area contributed by atoms with Crippen molar-refractivity contribution in [3.63, 3.8) is 0 Å². The molecule has 0 saturated heterocycles. The maximum atomic E-state index is 10.6. The molecular formula is C8H13N3O2S. The molecule has 0 fully saturated rings. The Morgan fingerprint density at radius 2 is 2.50 bits per heavy atom. The van der Waals surface area contributed by atoms with Gasteiger partial charge in [-0.05, 0) is 13.3 Å². The fraction of sp³-hybridized carbons (Fsp3) is 0.625. The lowest BCUT2D eigenvalue weighted by Crippen LogP contribution is -2.37. The standard InChI is InChI=1S/C8H13N3O2S/c1-3-6(2)11(4-7(12)13)8-9-5-10-14-8/h5-6H,3-4H2,1-2H3,(H,12,13). The van der Waals surface area contributed by atoms with Crippen LogP contribution in [0.5, 0.6) is 0 Å². The fourth-order valence-corrected chi connectivity index (χ4v) is 1.70. The van der Waals surface area contributed by atoms with E-state index in [4.69, 9.17) is 5.11 Å². The number of aliphatic carboxylic acids is 1. The van der Waals surface area contributed by atoms with E-state index >= 15 is 0 Å². The molecule has 0 aliphatic heterocycles. The zero-order chi connectivity index (χ0) is 10.6. The quantitative estimate of drug-likeness (QED) is 0.800. The van der Waals surface area contributed by atoms with Crippen molar-refractivity contribution in [3.05, 3.63) is 6.33 Å². The van der Waals surface area contributed by atoms with E-state index in [1.54, 1.807) is 4.90 Å². The van der Waals surface area contributed by atoms with Gasteiger partial charge < -0.3 is 10.0 Å². The van der Waals surface area contributed by atoms with Gasteiger partial charge in [-0.25, -0.2) is 4.98 Å². The summed E-state index contributed by atoms with van der Waals surface area (Å²) in [4.78, 5) is 16.4. The van der Waals surface area contributed by atoms with Crippen LogP contribution in [0.1, 0.15) is 20.3 Å². The summed E-state index contributed by atoms with van der Waals surface area (Å²) in [5.74, 6) is -0.847. The van der Waals surface area contributed by atoms with Crippen molar-refractivity contribution in [3.8, 4) is 0 Å². The van der Waals surface area contributed by atoms with Crippen LogP contribution >= 0.6 is 11.5 Å². The second-order valence-corrected chi connectivity index (χ2v) is 3.76. The molecule has 1 atom stereocenters. The highest BCUT2D eigenvalue weighted by Crippen LogP contribution is 2.18. The number of rotatable bonds is 5. The third-order valence-corrected chi connectivity index (χ3v) is 2.73. The summed E-state index contributed by atoms with van der Waals surface area (Å²) in [6, 6.07) is 0.166. The number of carbonyl (C=O) groups is 1. The minimum Gasteiger partial charge on any atom is -0.480 e. The Bertz CT molecular complexity index is 289. The molecule has 0 aliphatic rings. The summed E-state index contributed by atoms with van der Waals surface area (Å²) in [5.41, 5.74) is 0. The molecule has 1 aromatic heterocycles. The molecule has 6 heteroatoms. The summed E-state index contributed by atoms with van der Waals surface area (Å²) in [5, 5.41) is 9.41. The van der Waals surface area contributed by atoms with Crippen molar-refractivity contribution >= 4 is 22.6 Å². The summed E-state index contributed by atoms with van der Waals surface area (Å²) in [6.07, 6.45) is 2.32. The molecule has 0 spiro atoms. The van der Waals surface area contributed by atoms with Gasteiger partial charge in [0.25, 0.3) is 0 Å². The molecule has 0 aromatic carbocycles. The van der Waals surface area contributed by atoms with Gasteiger partial charge in [0.15, 0.2) is 0 Å². The number of hydrogen-bond donors (Lipinski definition) is 1. The molecular weight excluding hydrogens is 202 g/mol. The highest BCUT2D eigenvalue weighted by molar-refractivity contribution is 7.09. The molecule has 1 aromatic rings. The first kappa shape index (κ1) is 10.9. The Kier molecular flexibility index (Phi) is 3.82. The minimum absolute atomic E-state index is 0.0236. The van der Waals surface area contributed by atoms with Crippen LogP contribution in [0.15, 0.2) is 6.33 Å². The predicted octanol–water partition coefficient (Wildman–Crippen LogP) is 1.23. The number of aromatic nitrogens is 2. The number of anilines is 1. The van der Waals surface area contributed by atoms with Crippen molar-refractivity contribution in [1.29, 1.82) is 0 Å². The lowest BCUT2D eigenvalue weighted by molar-refractivity contribution is -0.135. The smallest absolute Gasteiger partial charge is 0.323 e. The maximum Gasteiger partial charge on any atom is 0.323 e. The Morgan fingerprint density at radius 3 is 2.93 bits per heavy atom. The van der Waals surface area contributed by atoms with Gasteiger partial charge in [0, 0.05) is 17.6 Å². The first-order valence-corrected chi connectivity index (χ1v) is 5.17. The highest BCUT2D eigenvalue weighted by atomic mass is 32.1. The largest absolute Gasteiger partial charge is 0.480 e. The molecule has 0 bridgehead atoms. The van der Waals surface area contributed by atoms with E-state index in [0.717, 1.165) is 6.42 Å². The van der Waals surface area contributed by atoms with Crippen LogP contribution in [0.3, 0.4) is 0 Å². The summed E-state index contributed by atoms with van der Waals surface area (Å²) < 4.78 is 3.86. The zero-order valence-corrected chi connectivity index (χ0v) is 8.99. The zero-order valence-electron chi connectivity index (χ0n) is 8.17. The van der Waals surface area contributed by atoms with Crippen molar-refractivity contribution in [1.82, 2.24) is 9.36 Å². The van der Waals surface area contributed by atoms with E-state index in [9.17, 15) is 4.79 Å². The van der Waals surface area contributed by atoms with E-state index in [1.807, 2.05) is 13.8 Å². The van der Waals surface area contributed by atoms with Crippen LogP contribution < -0.4 is 4.90 Å². The number of hydrogen-bond acceptors (Lipinski definition) is 5. The van der Waals surface area contributed by atoms with Gasteiger partial charge in [0.2, 0.25) is 5.13 Å². The van der Waals surface area contributed by atoms with Crippen LogP contribution in [0.4, 0.5) is 5.13 Å². The average molecular weight is 215 g/mol. The molecule has 78 valence electrons. The number of nitrogens with zero attached hydrogens (tertiary/aromatic N) is 3. The predicted molar refractivity (Wildman–Crippen MR) is 54.6 cm³/mol. The Hall–Kier alpha value is -1.17. The third kappa shape index (κ3) is 2.66. The fourth-order valence-electron chi connectivity index (χ4n) is 1.07. The summed E-state index contributed by atoms with van der Waals surface area (Å²) in [7, 11) is 0. The molecule has 5 nitrogen and oxygen atoms in total. The van der Waals surface area contributed by atoms with Crippen LogP contribution in [0.25, 0.3) is 0 Å². The maximum absolute atomic E-state index is 10.6. The van der Waals surface area contributed by atoms with E-state index in [2.05, 4.69) is 9.36 Å². The Balaban J connectivity index is 2.77. The topological polar surface area (TPSA) is 66.3 Å². The van der Waals surface area contributed by atoms with Gasteiger partial charge in [0.05, 0.1) is 0 Å². The average Bonchev–Trinajstić information content (AvgIpc) is 2.65. The van der Waals surface area contributed by atoms with Crippen LogP contribution in [-0.2, 0) is 4.79 Å². The second-order valence-electron chi connectivity index (χ2n) is 3.00. The highest BCUT2D eigenvalue weighted by Gasteiger charge is 2.18. The minimum atomic E-state index is -0.847. The molecule has 1 unspecified atom stereocenters. The van der Waals surface area contributed by atoms with E-state index in [1.165, 1.54) is 17.9 Å². The van der Waals surface area contributed by atoms with E-state index in [-0.39, 0.29) is 12.6 Å². The monoisotopic (exact) mass is 215 g/mol. The van der Waals surface area contributed by atoms with Crippen molar-refractivity contribution in [2.45, 2.75) is 26.3 Å². The normalized spacial score (nSPS) is 12.4. The molecule has 0 radical (unpaired) electrons. The molecule has 1 rings (SSSR count). The molecule has 0 saturated carbocycles. The number of carboxylic acid groups (broad SMARTS) is 1. The Labute approximate surface area is 86.6 Å². The van der Waals surface area contributed by atoms with Crippen molar-refractivity contribution in [2.75, 3.05) is 11.4 Å². The summed E-state index contributed by atoms with van der Waals surface area (Å²) in [6.45, 7) is 3.97. The third-order valence-electron chi connectivity index (χ3n) is 2.02. The van der Waals surface area contributed by atoms with Gasteiger partial charge in [-0.1, -0.05) is 6.92 Å². The molecule has 0 aliphatic carbocycles. The van der Waals surface area contributed by atoms with Crippen LogP contribution in [0.2, 0.25) is 0 Å². The first-order valence-electron chi connectivity index (χ1n) is 4.40. The molecule has 0 amide bonds. The SMILES string of the molecule is CCC(C)N(CC(=O)O)c1ncns1. The van der Waals surface area contributed by atoms with Crippen molar-refractivity contribution < 1.29 is 9.90 Å². The van der Waals surface area contributed by atoms with E-state index < -0.39 is 5.97 Å². The van der Waals surface area contributed by atoms with Gasteiger partial charge in [-0.15, -0.1) is 0 Å². The van der Waals surface area contributed by atoms with E-state index in [0.29, 0.717) is 5.13 Å². The second kappa shape index (κ2) is 4.90. The van der Waals surface area contributed by atoms with Crippen molar-refractivity contribution in [2.24, 2.45) is 0 Å². The molecule has 1 N–H and O–H groups in total.